The van der Waals surface area contributed by atoms with E-state index in [9.17, 15) is 9.59 Å². The molecule has 0 aliphatic carbocycles. The van der Waals surface area contributed by atoms with Crippen LogP contribution in [0.5, 0.6) is 0 Å². The van der Waals surface area contributed by atoms with Crippen molar-refractivity contribution in [3.63, 3.8) is 0 Å². The van der Waals surface area contributed by atoms with E-state index in [4.69, 9.17) is 4.74 Å². The summed E-state index contributed by atoms with van der Waals surface area (Å²) in [5.41, 5.74) is 0. The van der Waals surface area contributed by atoms with Crippen molar-refractivity contribution in [2.75, 3.05) is 6.61 Å². The molecule has 0 spiro atoms. The van der Waals surface area contributed by atoms with E-state index in [0.717, 1.165) is 25.7 Å². The summed E-state index contributed by atoms with van der Waals surface area (Å²) in [7, 11) is 0. The van der Waals surface area contributed by atoms with Gasteiger partial charge in [-0.05, 0) is 19.3 Å². The van der Waals surface area contributed by atoms with Crippen molar-refractivity contribution in [2.24, 2.45) is 5.92 Å². The first kappa shape index (κ1) is 22.1. The number of carbonyl (C=O) groups excluding carboxylic acids is 2. The number of Topliss-reactive ketones (excluding diaryl/α,β-unsaturated/α-hetero) is 1. The van der Waals surface area contributed by atoms with Crippen LogP contribution in [-0.4, -0.2) is 18.4 Å². The van der Waals surface area contributed by atoms with Crippen LogP contribution in [0.25, 0.3) is 0 Å². The number of rotatable bonds is 16. The molecule has 1 atom stereocenters. The fourth-order valence-corrected chi connectivity index (χ4v) is 2.69. The van der Waals surface area contributed by atoms with Crippen molar-refractivity contribution in [1.82, 2.24) is 0 Å². The molecule has 136 valence electrons. The Hall–Kier alpha value is -0.860. The minimum absolute atomic E-state index is 0.178. The molecule has 0 radical (unpaired) electrons. The van der Waals surface area contributed by atoms with Crippen LogP contribution in [0.3, 0.4) is 0 Å². The first-order valence-electron chi connectivity index (χ1n) is 9.83. The second-order valence-electron chi connectivity index (χ2n) is 6.59. The van der Waals surface area contributed by atoms with Crippen LogP contribution in [-0.2, 0) is 14.3 Å². The minimum atomic E-state index is -0.242. The number of hydrogen-bond acceptors (Lipinski definition) is 3. The monoisotopic (exact) mass is 326 g/mol. The van der Waals surface area contributed by atoms with Crippen LogP contribution in [0.1, 0.15) is 104 Å². The Morgan fingerprint density at radius 2 is 1.35 bits per heavy atom. The molecule has 0 N–H and O–H groups in total. The first-order valence-corrected chi connectivity index (χ1v) is 9.83. The molecule has 3 nitrogen and oxygen atoms in total. The maximum absolute atomic E-state index is 12.0. The third kappa shape index (κ3) is 13.3. The molecule has 0 aliphatic heterocycles. The molecular formula is C20H38O3. The van der Waals surface area contributed by atoms with E-state index in [1.807, 2.05) is 6.92 Å². The summed E-state index contributed by atoms with van der Waals surface area (Å²) in [6, 6.07) is 0. The molecule has 3 heteroatoms. The van der Waals surface area contributed by atoms with Crippen molar-refractivity contribution < 1.29 is 14.3 Å². The summed E-state index contributed by atoms with van der Waals surface area (Å²) >= 11 is 0. The summed E-state index contributed by atoms with van der Waals surface area (Å²) in [6.45, 7) is 6.83. The summed E-state index contributed by atoms with van der Waals surface area (Å²) in [6.07, 6.45) is 13.2. The molecule has 1 unspecified atom stereocenters. The highest BCUT2D eigenvalue weighted by molar-refractivity contribution is 5.84. The molecule has 0 heterocycles. The highest BCUT2D eigenvalue weighted by atomic mass is 16.5. The van der Waals surface area contributed by atoms with E-state index in [1.165, 1.54) is 38.5 Å². The van der Waals surface area contributed by atoms with Gasteiger partial charge in [0.15, 0.2) is 0 Å². The van der Waals surface area contributed by atoms with Gasteiger partial charge in [0.1, 0.15) is 5.78 Å². The second-order valence-corrected chi connectivity index (χ2v) is 6.59. The average Bonchev–Trinajstić information content (AvgIpc) is 2.55. The Kier molecular flexibility index (Phi) is 15.4. The van der Waals surface area contributed by atoms with Gasteiger partial charge in [-0.1, -0.05) is 72.1 Å². The standard InChI is InChI=1S/C20H38O3/c1-4-7-9-11-12-14-16-23-20(22)18(6-3)17-19(21)15-13-10-8-5-2/h18H,4-17H2,1-3H3. The molecule has 0 aliphatic rings. The van der Waals surface area contributed by atoms with Gasteiger partial charge in [0.2, 0.25) is 0 Å². The Morgan fingerprint density at radius 3 is 1.96 bits per heavy atom. The lowest BCUT2D eigenvalue weighted by atomic mass is 9.97. The van der Waals surface area contributed by atoms with Crippen molar-refractivity contribution in [1.29, 1.82) is 0 Å². The fourth-order valence-electron chi connectivity index (χ4n) is 2.69. The highest BCUT2D eigenvalue weighted by Gasteiger charge is 2.21. The van der Waals surface area contributed by atoms with Crippen molar-refractivity contribution >= 4 is 11.8 Å². The summed E-state index contributed by atoms with van der Waals surface area (Å²) in [5, 5.41) is 0. The number of ketones is 1. The normalized spacial score (nSPS) is 12.1. The average molecular weight is 327 g/mol. The van der Waals surface area contributed by atoms with Gasteiger partial charge in [0, 0.05) is 12.8 Å². The predicted octanol–water partition coefficient (Wildman–Crippen LogP) is 5.85. The topological polar surface area (TPSA) is 43.4 Å². The lowest BCUT2D eigenvalue weighted by Gasteiger charge is -2.13. The molecule has 0 amide bonds. The molecule has 0 aromatic rings. The van der Waals surface area contributed by atoms with E-state index in [1.54, 1.807) is 0 Å². The Balaban J connectivity index is 3.78. The summed E-state index contributed by atoms with van der Waals surface area (Å²) in [5.74, 6) is -0.207. The van der Waals surface area contributed by atoms with Crippen LogP contribution in [0.2, 0.25) is 0 Å². The number of ether oxygens (including phenoxy) is 1. The molecule has 23 heavy (non-hydrogen) atoms. The van der Waals surface area contributed by atoms with Crippen molar-refractivity contribution in [3.8, 4) is 0 Å². The fraction of sp³-hybridized carbons (Fsp3) is 0.900. The second kappa shape index (κ2) is 16.0. The zero-order chi connectivity index (χ0) is 17.3. The smallest absolute Gasteiger partial charge is 0.309 e. The Labute approximate surface area is 143 Å². The quantitative estimate of drug-likeness (QED) is 0.264. The van der Waals surface area contributed by atoms with E-state index >= 15 is 0 Å². The number of hydrogen-bond donors (Lipinski definition) is 0. The predicted molar refractivity (Wildman–Crippen MR) is 96.5 cm³/mol. The molecule has 0 rings (SSSR count). The van der Waals surface area contributed by atoms with Gasteiger partial charge in [0.25, 0.3) is 0 Å². The highest BCUT2D eigenvalue weighted by Crippen LogP contribution is 2.15. The maximum atomic E-state index is 12.0. The molecular weight excluding hydrogens is 288 g/mol. The Bertz CT molecular complexity index is 299. The van der Waals surface area contributed by atoms with E-state index in [-0.39, 0.29) is 17.7 Å². The largest absolute Gasteiger partial charge is 0.465 e. The van der Waals surface area contributed by atoms with Crippen LogP contribution >= 0.6 is 0 Å². The summed E-state index contributed by atoms with van der Waals surface area (Å²) in [4.78, 5) is 24.0. The van der Waals surface area contributed by atoms with Gasteiger partial charge < -0.3 is 4.74 Å². The molecule has 0 aromatic carbocycles. The summed E-state index contributed by atoms with van der Waals surface area (Å²) < 4.78 is 5.35. The maximum Gasteiger partial charge on any atom is 0.309 e. The zero-order valence-corrected chi connectivity index (χ0v) is 15.7. The third-order valence-corrected chi connectivity index (χ3v) is 4.35. The lowest BCUT2D eigenvalue weighted by molar-refractivity contribution is -0.150. The van der Waals surface area contributed by atoms with E-state index in [0.29, 0.717) is 25.9 Å². The van der Waals surface area contributed by atoms with Crippen molar-refractivity contribution in [3.05, 3.63) is 0 Å². The van der Waals surface area contributed by atoms with Crippen LogP contribution < -0.4 is 0 Å². The molecule has 0 aromatic heterocycles. The van der Waals surface area contributed by atoms with Gasteiger partial charge in [-0.25, -0.2) is 0 Å². The van der Waals surface area contributed by atoms with Gasteiger partial charge in [-0.3, -0.25) is 9.59 Å². The number of carbonyl (C=O) groups is 2. The SMILES string of the molecule is CCCCCCCCOC(=O)C(CC)CC(=O)CCCCCC. The minimum Gasteiger partial charge on any atom is -0.465 e. The number of unbranched alkanes of at least 4 members (excludes halogenated alkanes) is 8. The van der Waals surface area contributed by atoms with E-state index in [2.05, 4.69) is 13.8 Å². The van der Waals surface area contributed by atoms with Gasteiger partial charge in [-0.2, -0.15) is 0 Å². The van der Waals surface area contributed by atoms with E-state index < -0.39 is 0 Å². The molecule has 0 bridgehead atoms. The van der Waals surface area contributed by atoms with Crippen molar-refractivity contribution in [2.45, 2.75) is 104 Å². The Morgan fingerprint density at radius 1 is 0.783 bits per heavy atom. The first-order chi connectivity index (χ1) is 11.2. The number of esters is 1. The van der Waals surface area contributed by atoms with Gasteiger partial charge in [0.05, 0.1) is 12.5 Å². The molecule has 0 fully saturated rings. The van der Waals surface area contributed by atoms with Crippen LogP contribution in [0.4, 0.5) is 0 Å². The van der Waals surface area contributed by atoms with Crippen LogP contribution in [0.15, 0.2) is 0 Å². The van der Waals surface area contributed by atoms with Crippen LogP contribution in [0, 0.1) is 5.92 Å². The van der Waals surface area contributed by atoms with Gasteiger partial charge >= 0.3 is 5.97 Å². The molecule has 0 saturated carbocycles. The zero-order valence-electron chi connectivity index (χ0n) is 15.7. The molecule has 0 saturated heterocycles. The lowest BCUT2D eigenvalue weighted by Crippen LogP contribution is -2.21. The third-order valence-electron chi connectivity index (χ3n) is 4.35. The van der Waals surface area contributed by atoms with Gasteiger partial charge in [-0.15, -0.1) is 0 Å².